The fraction of sp³-hybridized carbons (Fsp3) is 0.615. The Bertz CT molecular complexity index is 966. The van der Waals surface area contributed by atoms with E-state index in [1.54, 1.807) is 11.1 Å². The topological polar surface area (TPSA) is 46.9 Å². The van der Waals surface area contributed by atoms with Gasteiger partial charge in [0.25, 0.3) is 0 Å². The number of fused-ring (bicyclic) bond motifs is 5. The van der Waals surface area contributed by atoms with Crippen molar-refractivity contribution in [2.45, 2.75) is 71.3 Å². The first-order valence-electron chi connectivity index (χ1n) is 11.9. The zero-order valence-corrected chi connectivity index (χ0v) is 18.2. The van der Waals surface area contributed by atoms with E-state index in [1.165, 1.54) is 25.0 Å². The molecule has 5 aliphatic rings. The summed E-state index contributed by atoms with van der Waals surface area (Å²) >= 11 is 0. The fourth-order valence-corrected chi connectivity index (χ4v) is 7.21. The van der Waals surface area contributed by atoms with E-state index in [9.17, 15) is 4.79 Å². The second-order valence-corrected chi connectivity index (χ2v) is 10.8. The van der Waals surface area contributed by atoms with Crippen LogP contribution >= 0.6 is 0 Å². The van der Waals surface area contributed by atoms with Gasteiger partial charge in [-0.05, 0) is 74.7 Å². The molecule has 1 aromatic heterocycles. The van der Waals surface area contributed by atoms with Crippen molar-refractivity contribution < 1.29 is 4.79 Å². The molecule has 0 aromatic carbocycles. The molecule has 3 fully saturated rings. The minimum absolute atomic E-state index is 0.138. The Morgan fingerprint density at radius 3 is 2.80 bits per heavy atom. The molecule has 1 heterocycles. The predicted octanol–water partition coefficient (Wildman–Crippen LogP) is 5.11. The third kappa shape index (κ3) is 2.65. The van der Waals surface area contributed by atoms with Gasteiger partial charge in [0.1, 0.15) is 0 Å². The van der Waals surface area contributed by atoms with E-state index in [4.69, 9.17) is 0 Å². The standard InChI is InChI=1S/C26H33N3O/c1-25-11-9-19(28-24(30)17-3-4-17)15-18(25)5-6-20-21-7-8-23(29-14-13-27-16-29)26(21,2)12-10-22(20)25/h5,7-8,13-14,16-17,19-20,22H,3-4,6,9-12,15H2,1-2H3,(H,28,30)/t19-,20+,22+,25+,26+/m1/s1. The molecular formula is C26H33N3O. The van der Waals surface area contributed by atoms with E-state index in [2.05, 4.69) is 53.1 Å². The van der Waals surface area contributed by atoms with Crippen LogP contribution in [0.2, 0.25) is 0 Å². The Hall–Kier alpha value is -2.10. The second kappa shape index (κ2) is 6.45. The molecule has 0 unspecified atom stereocenters. The minimum Gasteiger partial charge on any atom is -0.353 e. The average molecular weight is 404 g/mol. The highest BCUT2D eigenvalue weighted by Crippen LogP contribution is 2.64. The van der Waals surface area contributed by atoms with Crippen LogP contribution in [-0.2, 0) is 4.79 Å². The lowest BCUT2D eigenvalue weighted by atomic mass is 9.49. The van der Waals surface area contributed by atoms with E-state index in [-0.39, 0.29) is 5.41 Å². The van der Waals surface area contributed by atoms with Gasteiger partial charge in [0.05, 0.1) is 6.33 Å². The van der Waals surface area contributed by atoms with Crippen LogP contribution in [0.3, 0.4) is 0 Å². The summed E-state index contributed by atoms with van der Waals surface area (Å²) in [5.41, 5.74) is 5.09. The Morgan fingerprint density at radius 2 is 2.03 bits per heavy atom. The lowest BCUT2D eigenvalue weighted by Crippen LogP contribution is -2.49. The zero-order chi connectivity index (χ0) is 20.5. The van der Waals surface area contributed by atoms with E-state index < -0.39 is 0 Å². The van der Waals surface area contributed by atoms with Crippen molar-refractivity contribution >= 4 is 11.6 Å². The molecule has 6 rings (SSSR count). The molecule has 1 aromatic rings. The van der Waals surface area contributed by atoms with Gasteiger partial charge in [0, 0.05) is 35.5 Å². The van der Waals surface area contributed by atoms with E-state index in [1.807, 2.05) is 12.5 Å². The first-order valence-corrected chi connectivity index (χ1v) is 11.9. The molecular weight excluding hydrogens is 370 g/mol. The van der Waals surface area contributed by atoms with Crippen LogP contribution < -0.4 is 5.32 Å². The number of nitrogens with zero attached hydrogens (tertiary/aromatic N) is 2. The van der Waals surface area contributed by atoms with E-state index in [0.717, 1.165) is 38.0 Å². The number of allylic oxidation sites excluding steroid dienone is 5. The fourth-order valence-electron chi connectivity index (χ4n) is 7.21. The highest BCUT2D eigenvalue weighted by atomic mass is 16.2. The van der Waals surface area contributed by atoms with Crippen LogP contribution in [-0.4, -0.2) is 21.5 Å². The first-order chi connectivity index (χ1) is 14.5. The quantitative estimate of drug-likeness (QED) is 0.713. The zero-order valence-electron chi connectivity index (χ0n) is 18.2. The molecule has 158 valence electrons. The van der Waals surface area contributed by atoms with Gasteiger partial charge in [-0.2, -0.15) is 0 Å². The summed E-state index contributed by atoms with van der Waals surface area (Å²) in [6, 6.07) is 0.350. The largest absolute Gasteiger partial charge is 0.353 e. The normalized spacial score (nSPS) is 39.8. The summed E-state index contributed by atoms with van der Waals surface area (Å²) in [4.78, 5) is 16.6. The van der Waals surface area contributed by atoms with Crippen LogP contribution in [0.4, 0.5) is 0 Å². The van der Waals surface area contributed by atoms with Crippen LogP contribution in [0.1, 0.15) is 65.2 Å². The first kappa shape index (κ1) is 18.7. The smallest absolute Gasteiger partial charge is 0.223 e. The van der Waals surface area contributed by atoms with Crippen LogP contribution in [0, 0.1) is 28.6 Å². The van der Waals surface area contributed by atoms with Gasteiger partial charge in [0.15, 0.2) is 0 Å². The van der Waals surface area contributed by atoms with Gasteiger partial charge < -0.3 is 9.88 Å². The Kier molecular flexibility index (Phi) is 4.01. The number of imidazole rings is 1. The summed E-state index contributed by atoms with van der Waals surface area (Å²) in [5, 5.41) is 3.36. The van der Waals surface area contributed by atoms with Crippen molar-refractivity contribution in [1.29, 1.82) is 0 Å². The number of hydrogen-bond acceptors (Lipinski definition) is 2. The molecule has 1 N–H and O–H groups in total. The van der Waals surface area contributed by atoms with Crippen molar-refractivity contribution in [1.82, 2.24) is 14.9 Å². The second-order valence-electron chi connectivity index (χ2n) is 10.8. The van der Waals surface area contributed by atoms with Crippen LogP contribution in [0.15, 0.2) is 48.1 Å². The van der Waals surface area contributed by atoms with Gasteiger partial charge in [0.2, 0.25) is 5.91 Å². The molecule has 4 nitrogen and oxygen atoms in total. The van der Waals surface area contributed by atoms with Gasteiger partial charge in [-0.3, -0.25) is 4.79 Å². The third-order valence-electron chi connectivity index (χ3n) is 9.19. The van der Waals surface area contributed by atoms with Gasteiger partial charge in [-0.1, -0.05) is 37.1 Å². The maximum absolute atomic E-state index is 12.3. The van der Waals surface area contributed by atoms with Crippen molar-refractivity contribution in [3.63, 3.8) is 0 Å². The summed E-state index contributed by atoms with van der Waals surface area (Å²) in [6.45, 7) is 4.97. The summed E-state index contributed by atoms with van der Waals surface area (Å²) in [7, 11) is 0. The van der Waals surface area contributed by atoms with Crippen LogP contribution in [0.25, 0.3) is 5.70 Å². The predicted molar refractivity (Wildman–Crippen MR) is 118 cm³/mol. The number of nitrogens with one attached hydrogen (secondary N) is 1. The molecule has 1 amide bonds. The molecule has 0 radical (unpaired) electrons. The number of carbonyl (C=O) groups excluding carboxylic acids is 1. The molecule has 0 spiro atoms. The molecule has 3 saturated carbocycles. The third-order valence-corrected chi connectivity index (χ3v) is 9.19. The maximum Gasteiger partial charge on any atom is 0.223 e. The van der Waals surface area contributed by atoms with Crippen molar-refractivity contribution in [3.05, 3.63) is 48.1 Å². The van der Waals surface area contributed by atoms with Crippen molar-refractivity contribution in [2.75, 3.05) is 0 Å². The van der Waals surface area contributed by atoms with E-state index >= 15 is 0 Å². The lowest BCUT2D eigenvalue weighted by Gasteiger charge is -2.56. The van der Waals surface area contributed by atoms with Gasteiger partial charge >= 0.3 is 0 Å². The summed E-state index contributed by atoms with van der Waals surface area (Å²) < 4.78 is 2.21. The summed E-state index contributed by atoms with van der Waals surface area (Å²) in [5.74, 6) is 1.99. The molecule has 30 heavy (non-hydrogen) atoms. The SMILES string of the molecule is C[C@]12CC[C@H]3[C@@H](CC=C4C[C@H](NC(=O)C5CC5)CC[C@@]43C)C1=CC=C2n1ccnc1. The Balaban J connectivity index is 1.24. The molecule has 5 atom stereocenters. The number of carbonyl (C=O) groups is 1. The molecule has 5 aliphatic carbocycles. The van der Waals surface area contributed by atoms with Crippen LogP contribution in [0.5, 0.6) is 0 Å². The average Bonchev–Trinajstić information content (AvgIpc) is 3.33. The molecule has 0 aliphatic heterocycles. The molecule has 0 bridgehead atoms. The van der Waals surface area contributed by atoms with Crippen molar-refractivity contribution in [2.24, 2.45) is 28.6 Å². The summed E-state index contributed by atoms with van der Waals surface area (Å²) in [6.07, 6.45) is 22.5. The lowest BCUT2D eigenvalue weighted by molar-refractivity contribution is -0.123. The number of rotatable bonds is 3. The Morgan fingerprint density at radius 1 is 1.17 bits per heavy atom. The monoisotopic (exact) mass is 403 g/mol. The molecule has 0 saturated heterocycles. The highest BCUT2D eigenvalue weighted by molar-refractivity contribution is 5.81. The van der Waals surface area contributed by atoms with E-state index in [0.29, 0.717) is 29.2 Å². The number of aromatic nitrogens is 2. The number of hydrogen-bond donors (Lipinski definition) is 1. The Labute approximate surface area is 179 Å². The van der Waals surface area contributed by atoms with Crippen molar-refractivity contribution in [3.8, 4) is 0 Å². The maximum atomic E-state index is 12.3. The number of amides is 1. The van der Waals surface area contributed by atoms with Gasteiger partial charge in [-0.25, -0.2) is 4.98 Å². The molecule has 4 heteroatoms. The minimum atomic E-state index is 0.138. The highest BCUT2D eigenvalue weighted by Gasteiger charge is 2.54. The van der Waals surface area contributed by atoms with Gasteiger partial charge in [-0.15, -0.1) is 0 Å².